The number of aromatic hydroxyl groups is 1. The van der Waals surface area contributed by atoms with E-state index in [1.54, 1.807) is 36.3 Å². The van der Waals surface area contributed by atoms with Gasteiger partial charge in [-0.1, -0.05) is 30.3 Å². The number of nitrogens with two attached hydrogens (primary N) is 4. The van der Waals surface area contributed by atoms with Gasteiger partial charge in [0.2, 0.25) is 11.8 Å². The highest BCUT2D eigenvalue weighted by Crippen LogP contribution is 2.26. The number of carbonyl (C=O) groups excluding carboxylic acids is 4. The molecule has 0 unspecified atom stereocenters. The Kier molecular flexibility index (Phi) is 13.8. The van der Waals surface area contributed by atoms with Crippen molar-refractivity contribution >= 4 is 29.3 Å². The minimum Gasteiger partial charge on any atom is -0.508 e. The molecule has 0 fully saturated rings. The number of nitrogens with zero attached hydrogens (tertiary/aromatic N) is 3. The molecule has 0 saturated carbocycles. The zero-order valence-corrected chi connectivity index (χ0v) is 27.9. The Balaban J connectivity index is 1.88. The third-order valence-electron chi connectivity index (χ3n) is 8.38. The Bertz CT molecular complexity index is 1580. The van der Waals surface area contributed by atoms with Crippen molar-refractivity contribution in [1.29, 1.82) is 0 Å². The van der Waals surface area contributed by atoms with Crippen LogP contribution in [-0.4, -0.2) is 62.6 Å². The van der Waals surface area contributed by atoms with Crippen molar-refractivity contribution in [3.8, 4) is 5.75 Å². The van der Waals surface area contributed by atoms with E-state index in [4.69, 9.17) is 22.9 Å². The van der Waals surface area contributed by atoms with Gasteiger partial charge in [-0.2, -0.15) is 0 Å². The number of hydrogen-bond donors (Lipinski definition) is 6. The van der Waals surface area contributed by atoms with Crippen LogP contribution in [0.4, 0.5) is 0 Å². The molecule has 3 rings (SSSR count). The van der Waals surface area contributed by atoms with E-state index in [0.717, 1.165) is 22.3 Å². The molecule has 4 atom stereocenters. The summed E-state index contributed by atoms with van der Waals surface area (Å²) >= 11 is 0. The van der Waals surface area contributed by atoms with Crippen molar-refractivity contribution < 1.29 is 24.3 Å². The largest absolute Gasteiger partial charge is 0.508 e. The maximum absolute atomic E-state index is 14.1. The van der Waals surface area contributed by atoms with Crippen molar-refractivity contribution in [3.05, 3.63) is 82.9 Å². The monoisotopic (exact) mass is 660 g/mol. The molecule has 0 aliphatic rings. The van der Waals surface area contributed by atoms with Crippen LogP contribution in [-0.2, 0) is 45.5 Å². The number of benzene rings is 2. The van der Waals surface area contributed by atoms with Crippen molar-refractivity contribution in [3.63, 3.8) is 0 Å². The third-order valence-corrected chi connectivity index (χ3v) is 8.38. The van der Waals surface area contributed by atoms with Crippen LogP contribution in [0.15, 0.2) is 60.0 Å². The van der Waals surface area contributed by atoms with Crippen molar-refractivity contribution in [2.75, 3.05) is 6.54 Å². The van der Waals surface area contributed by atoms with Crippen LogP contribution < -0.4 is 28.3 Å². The molecular formula is C35H48N8O5. The molecule has 48 heavy (non-hydrogen) atoms. The maximum atomic E-state index is 14.1. The summed E-state index contributed by atoms with van der Waals surface area (Å²) < 4.78 is 1.73. The van der Waals surface area contributed by atoms with Crippen molar-refractivity contribution in [1.82, 2.24) is 14.9 Å². The molecule has 3 aromatic rings. The SMILES string of the molecule is Cc1cc(O)cc(C)c1C[C@H](CC(=O)[C@H](N)CCCN=C(N)N)C(=O)N[C@@H](Cc1cn(C)cn1)C(=O)C[C@@H](Cc1ccccc1)C(N)=O. The van der Waals surface area contributed by atoms with E-state index in [1.165, 1.54) is 0 Å². The van der Waals surface area contributed by atoms with Crippen LogP contribution in [0.25, 0.3) is 0 Å². The Hall–Kier alpha value is -5.04. The number of aryl methyl sites for hydroxylation is 3. The van der Waals surface area contributed by atoms with E-state index in [-0.39, 0.29) is 55.4 Å². The number of amides is 2. The van der Waals surface area contributed by atoms with Gasteiger partial charge in [0.05, 0.1) is 24.1 Å². The lowest BCUT2D eigenvalue weighted by Gasteiger charge is -2.24. The van der Waals surface area contributed by atoms with Crippen LogP contribution in [0, 0.1) is 25.7 Å². The van der Waals surface area contributed by atoms with Gasteiger partial charge < -0.3 is 37.9 Å². The van der Waals surface area contributed by atoms with Gasteiger partial charge in [0.1, 0.15) is 11.5 Å². The van der Waals surface area contributed by atoms with E-state index in [1.807, 2.05) is 44.2 Å². The van der Waals surface area contributed by atoms with E-state index in [0.29, 0.717) is 25.1 Å². The second kappa shape index (κ2) is 17.8. The average molecular weight is 661 g/mol. The number of aromatic nitrogens is 2. The van der Waals surface area contributed by atoms with E-state index >= 15 is 0 Å². The van der Waals surface area contributed by atoms with Crippen molar-refractivity contribution in [2.24, 2.45) is 46.8 Å². The standard InChI is InChI=1S/C35H48N8O5/c1-21-12-27(44)13-22(2)28(21)15-25(17-31(45)29(36)10-7-11-40-35(38)39)34(48)42-30(18-26-19-43(3)20-41-26)32(46)16-24(33(37)47)14-23-8-5-4-6-9-23/h4-6,8-9,12-13,19-20,24-25,29-30,44H,7,10-11,14-18,36H2,1-3H3,(H2,37,47)(H,42,48)(H4,38,39,40)/t24-,25-,29-,30+/m1/s1. The average Bonchev–Trinajstić information content (AvgIpc) is 3.43. The van der Waals surface area contributed by atoms with Gasteiger partial charge in [-0.15, -0.1) is 0 Å². The Morgan fingerprint density at radius 1 is 0.938 bits per heavy atom. The molecule has 0 bridgehead atoms. The van der Waals surface area contributed by atoms with Crippen LogP contribution in [0.2, 0.25) is 0 Å². The molecule has 258 valence electrons. The molecule has 0 spiro atoms. The second-order valence-electron chi connectivity index (χ2n) is 12.4. The first-order valence-corrected chi connectivity index (χ1v) is 16.0. The lowest BCUT2D eigenvalue weighted by Crippen LogP contribution is -2.47. The zero-order valence-electron chi connectivity index (χ0n) is 27.9. The lowest BCUT2D eigenvalue weighted by atomic mass is 9.86. The number of aliphatic imine (C=N–C) groups is 1. The summed E-state index contributed by atoms with van der Waals surface area (Å²) in [5.74, 6) is -3.48. The molecule has 0 aliphatic heterocycles. The smallest absolute Gasteiger partial charge is 0.224 e. The number of imidazole rings is 1. The first-order chi connectivity index (χ1) is 22.7. The topological polar surface area (TPSA) is 235 Å². The van der Waals surface area contributed by atoms with E-state index < -0.39 is 35.7 Å². The summed E-state index contributed by atoms with van der Waals surface area (Å²) in [6.07, 6.45) is 4.26. The van der Waals surface area contributed by atoms with Gasteiger partial charge in [-0.05, 0) is 73.9 Å². The summed E-state index contributed by atoms with van der Waals surface area (Å²) in [7, 11) is 1.79. The van der Waals surface area contributed by atoms with Crippen molar-refractivity contribution in [2.45, 2.75) is 70.9 Å². The van der Waals surface area contributed by atoms with Gasteiger partial charge in [0.15, 0.2) is 11.7 Å². The number of carbonyl (C=O) groups is 4. The number of primary amides is 1. The summed E-state index contributed by atoms with van der Waals surface area (Å²) in [5, 5.41) is 13.0. The highest BCUT2D eigenvalue weighted by molar-refractivity contribution is 5.94. The summed E-state index contributed by atoms with van der Waals surface area (Å²) in [4.78, 5) is 62.0. The molecule has 2 amide bonds. The predicted molar refractivity (Wildman–Crippen MR) is 184 cm³/mol. The molecule has 10 N–H and O–H groups in total. The third kappa shape index (κ3) is 11.6. The fraction of sp³-hybridized carbons (Fsp3) is 0.429. The van der Waals surface area contributed by atoms with Crippen LogP contribution in [0.5, 0.6) is 5.75 Å². The highest BCUT2D eigenvalue weighted by Gasteiger charge is 2.32. The number of Topliss-reactive ketones (excluding diaryl/α,β-unsaturated/α-hetero) is 2. The Labute approximate surface area is 281 Å². The van der Waals surface area contributed by atoms with Gasteiger partial charge in [-0.3, -0.25) is 24.2 Å². The minimum atomic E-state index is -1.04. The summed E-state index contributed by atoms with van der Waals surface area (Å²) in [6.45, 7) is 3.95. The van der Waals surface area contributed by atoms with Crippen LogP contribution >= 0.6 is 0 Å². The molecule has 0 saturated heterocycles. The molecule has 1 heterocycles. The second-order valence-corrected chi connectivity index (χ2v) is 12.4. The first-order valence-electron chi connectivity index (χ1n) is 16.0. The normalized spacial score (nSPS) is 13.6. The molecular weight excluding hydrogens is 612 g/mol. The quantitative estimate of drug-likeness (QED) is 0.0616. The van der Waals surface area contributed by atoms with E-state index in [9.17, 15) is 24.3 Å². The van der Waals surface area contributed by atoms with Gasteiger partial charge in [-0.25, -0.2) is 4.98 Å². The van der Waals surface area contributed by atoms with Gasteiger partial charge >= 0.3 is 0 Å². The fourth-order valence-electron chi connectivity index (χ4n) is 5.74. The van der Waals surface area contributed by atoms with Crippen LogP contribution in [0.3, 0.4) is 0 Å². The summed E-state index contributed by atoms with van der Waals surface area (Å²) in [5.41, 5.74) is 26.4. The number of phenols is 1. The summed E-state index contributed by atoms with van der Waals surface area (Å²) in [6, 6.07) is 10.5. The lowest BCUT2D eigenvalue weighted by molar-refractivity contribution is -0.133. The maximum Gasteiger partial charge on any atom is 0.224 e. The number of hydrogen-bond acceptors (Lipinski definition) is 8. The predicted octanol–water partition coefficient (Wildman–Crippen LogP) is 1.27. The zero-order chi connectivity index (χ0) is 35.4. The Morgan fingerprint density at radius 3 is 2.17 bits per heavy atom. The first kappa shape index (κ1) is 37.4. The number of phenolic OH excluding ortho intramolecular Hbond substituents is 1. The highest BCUT2D eigenvalue weighted by atomic mass is 16.3. The molecule has 13 nitrogen and oxygen atoms in total. The van der Waals surface area contributed by atoms with Gasteiger partial charge in [0.25, 0.3) is 0 Å². The van der Waals surface area contributed by atoms with E-state index in [2.05, 4.69) is 15.3 Å². The number of rotatable bonds is 19. The number of nitrogens with one attached hydrogen (secondary N) is 1. The minimum absolute atomic E-state index is 0.0525. The number of guanidine groups is 1. The van der Waals surface area contributed by atoms with Gasteiger partial charge in [0, 0.05) is 50.9 Å². The molecule has 13 heteroatoms. The fourth-order valence-corrected chi connectivity index (χ4v) is 5.74. The Morgan fingerprint density at radius 2 is 1.58 bits per heavy atom. The molecule has 2 aromatic carbocycles. The molecule has 0 radical (unpaired) electrons. The molecule has 0 aliphatic carbocycles. The molecule has 1 aromatic heterocycles. The number of ketones is 2. The van der Waals surface area contributed by atoms with Crippen LogP contribution in [0.1, 0.15) is 53.6 Å².